The Morgan fingerprint density at radius 2 is 1.70 bits per heavy atom. The van der Waals surface area contributed by atoms with Crippen LogP contribution in [0.1, 0.15) is 20.3 Å². The molecule has 0 radical (unpaired) electrons. The number of piperazine rings is 1. The zero-order chi connectivity index (χ0) is 14.5. The van der Waals surface area contributed by atoms with Gasteiger partial charge in [-0.05, 0) is 36.6 Å². The third-order valence-electron chi connectivity index (χ3n) is 4.04. The average Bonchev–Trinajstić information content (AvgIpc) is 2.46. The third kappa shape index (κ3) is 4.11. The minimum Gasteiger partial charge on any atom is -0.369 e. The molecule has 1 unspecified atom stereocenters. The van der Waals surface area contributed by atoms with E-state index in [-0.39, 0.29) is 0 Å². The van der Waals surface area contributed by atoms with Crippen LogP contribution in [0, 0.1) is 5.92 Å². The molecule has 1 aromatic rings. The van der Waals surface area contributed by atoms with Crippen LogP contribution in [0.5, 0.6) is 0 Å². The van der Waals surface area contributed by atoms with Crippen molar-refractivity contribution >= 4 is 17.3 Å². The average molecular weight is 296 g/mol. The van der Waals surface area contributed by atoms with E-state index >= 15 is 0 Å². The van der Waals surface area contributed by atoms with E-state index < -0.39 is 0 Å². The lowest BCUT2D eigenvalue weighted by Crippen LogP contribution is -2.52. The lowest BCUT2D eigenvalue weighted by atomic mass is 10.0. The maximum absolute atomic E-state index is 5.94. The van der Waals surface area contributed by atoms with Crippen LogP contribution in [0.15, 0.2) is 24.3 Å². The van der Waals surface area contributed by atoms with E-state index in [1.165, 1.54) is 12.1 Å². The molecule has 0 aromatic heterocycles. The highest BCUT2D eigenvalue weighted by Gasteiger charge is 2.23. The maximum atomic E-state index is 5.94. The van der Waals surface area contributed by atoms with Crippen molar-refractivity contribution in [2.24, 2.45) is 11.7 Å². The van der Waals surface area contributed by atoms with Crippen LogP contribution in [-0.2, 0) is 0 Å². The van der Waals surface area contributed by atoms with E-state index in [9.17, 15) is 0 Å². The van der Waals surface area contributed by atoms with Gasteiger partial charge in [0.1, 0.15) is 0 Å². The van der Waals surface area contributed by atoms with Crippen molar-refractivity contribution in [1.82, 2.24) is 4.90 Å². The monoisotopic (exact) mass is 295 g/mol. The molecule has 0 aliphatic carbocycles. The summed E-state index contributed by atoms with van der Waals surface area (Å²) in [7, 11) is 0. The molecule has 1 aliphatic rings. The summed E-state index contributed by atoms with van der Waals surface area (Å²) in [6, 6.07) is 8.66. The van der Waals surface area contributed by atoms with Crippen molar-refractivity contribution in [2.45, 2.75) is 26.3 Å². The fraction of sp³-hybridized carbons (Fsp3) is 0.625. The Balaban J connectivity index is 1.89. The summed E-state index contributed by atoms with van der Waals surface area (Å²) in [5.41, 5.74) is 7.21. The molecular weight excluding hydrogens is 270 g/mol. The van der Waals surface area contributed by atoms with E-state index in [0.717, 1.165) is 37.7 Å². The molecule has 4 heteroatoms. The molecule has 0 bridgehead atoms. The molecule has 2 N–H and O–H groups in total. The van der Waals surface area contributed by atoms with Gasteiger partial charge in [0.15, 0.2) is 0 Å². The number of hydrogen-bond donors (Lipinski definition) is 1. The first-order chi connectivity index (χ1) is 9.60. The fourth-order valence-electron chi connectivity index (χ4n) is 2.94. The second-order valence-electron chi connectivity index (χ2n) is 6.02. The van der Waals surface area contributed by atoms with Gasteiger partial charge in [-0.25, -0.2) is 0 Å². The second-order valence-corrected chi connectivity index (χ2v) is 6.45. The van der Waals surface area contributed by atoms with Gasteiger partial charge >= 0.3 is 0 Å². The lowest BCUT2D eigenvalue weighted by molar-refractivity contribution is 0.168. The molecule has 1 heterocycles. The Bertz CT molecular complexity index is 397. The Morgan fingerprint density at radius 3 is 2.20 bits per heavy atom. The third-order valence-corrected chi connectivity index (χ3v) is 4.29. The SMILES string of the molecule is CC(C)CC(CN)N1CCN(c2ccc(Cl)cc2)CC1. The van der Waals surface area contributed by atoms with Gasteiger partial charge in [-0.1, -0.05) is 25.4 Å². The van der Waals surface area contributed by atoms with Crippen molar-refractivity contribution in [3.05, 3.63) is 29.3 Å². The summed E-state index contributed by atoms with van der Waals surface area (Å²) in [6.07, 6.45) is 1.19. The van der Waals surface area contributed by atoms with E-state index in [1.807, 2.05) is 12.1 Å². The first kappa shape index (κ1) is 15.6. The molecule has 3 nitrogen and oxygen atoms in total. The van der Waals surface area contributed by atoms with Crippen LogP contribution < -0.4 is 10.6 Å². The van der Waals surface area contributed by atoms with Crippen molar-refractivity contribution < 1.29 is 0 Å². The van der Waals surface area contributed by atoms with Crippen molar-refractivity contribution in [3.63, 3.8) is 0 Å². The summed E-state index contributed by atoms with van der Waals surface area (Å²) < 4.78 is 0. The first-order valence-corrected chi connectivity index (χ1v) is 7.92. The van der Waals surface area contributed by atoms with Gasteiger partial charge in [0.25, 0.3) is 0 Å². The van der Waals surface area contributed by atoms with Crippen LogP contribution in [0.25, 0.3) is 0 Å². The highest BCUT2D eigenvalue weighted by molar-refractivity contribution is 6.30. The smallest absolute Gasteiger partial charge is 0.0407 e. The molecule has 112 valence electrons. The van der Waals surface area contributed by atoms with Crippen molar-refractivity contribution in [2.75, 3.05) is 37.6 Å². The highest BCUT2D eigenvalue weighted by atomic mass is 35.5. The quantitative estimate of drug-likeness (QED) is 0.907. The molecule has 1 saturated heterocycles. The van der Waals surface area contributed by atoms with Crippen molar-refractivity contribution in [1.29, 1.82) is 0 Å². The molecule has 1 aliphatic heterocycles. The van der Waals surface area contributed by atoms with Crippen molar-refractivity contribution in [3.8, 4) is 0 Å². The molecule has 1 fully saturated rings. The number of hydrogen-bond acceptors (Lipinski definition) is 3. The molecule has 20 heavy (non-hydrogen) atoms. The number of rotatable bonds is 5. The largest absolute Gasteiger partial charge is 0.369 e. The lowest BCUT2D eigenvalue weighted by Gasteiger charge is -2.40. The maximum Gasteiger partial charge on any atom is 0.0407 e. The van der Waals surface area contributed by atoms with E-state index in [4.69, 9.17) is 17.3 Å². The predicted octanol–water partition coefficient (Wildman–Crippen LogP) is 2.84. The number of halogens is 1. The summed E-state index contributed by atoms with van der Waals surface area (Å²) in [6.45, 7) is 9.62. The van der Waals surface area contributed by atoms with Crippen LogP contribution in [0.4, 0.5) is 5.69 Å². The second kappa shape index (κ2) is 7.30. The van der Waals surface area contributed by atoms with Gasteiger partial charge in [0.2, 0.25) is 0 Å². The predicted molar refractivity (Wildman–Crippen MR) is 87.5 cm³/mol. The van der Waals surface area contributed by atoms with Gasteiger partial charge in [-0.2, -0.15) is 0 Å². The van der Waals surface area contributed by atoms with Gasteiger partial charge in [0, 0.05) is 49.5 Å². The summed E-state index contributed by atoms with van der Waals surface area (Å²) in [5.74, 6) is 0.706. The number of nitrogens with two attached hydrogens (primary N) is 1. The fourth-order valence-corrected chi connectivity index (χ4v) is 3.06. The Morgan fingerprint density at radius 1 is 1.10 bits per heavy atom. The van der Waals surface area contributed by atoms with Gasteiger partial charge in [-0.3, -0.25) is 4.90 Å². The van der Waals surface area contributed by atoms with Crippen LogP contribution >= 0.6 is 11.6 Å². The Labute approximate surface area is 127 Å². The Hall–Kier alpha value is -0.770. The summed E-state index contributed by atoms with van der Waals surface area (Å²) in [4.78, 5) is 4.97. The molecule has 1 aromatic carbocycles. The topological polar surface area (TPSA) is 32.5 Å². The zero-order valence-corrected chi connectivity index (χ0v) is 13.3. The number of anilines is 1. The number of nitrogens with zero attached hydrogens (tertiary/aromatic N) is 2. The van der Waals surface area contributed by atoms with Crippen LogP contribution in [0.2, 0.25) is 5.02 Å². The normalized spacial score (nSPS) is 18.6. The first-order valence-electron chi connectivity index (χ1n) is 7.54. The number of benzene rings is 1. The van der Waals surface area contributed by atoms with Gasteiger partial charge in [0.05, 0.1) is 0 Å². The minimum absolute atomic E-state index is 0.530. The molecule has 2 rings (SSSR count). The van der Waals surface area contributed by atoms with Crippen LogP contribution in [-0.4, -0.2) is 43.7 Å². The summed E-state index contributed by atoms with van der Waals surface area (Å²) >= 11 is 5.94. The van der Waals surface area contributed by atoms with E-state index in [1.54, 1.807) is 0 Å². The van der Waals surface area contributed by atoms with Crippen LogP contribution in [0.3, 0.4) is 0 Å². The molecule has 1 atom stereocenters. The standard InChI is InChI=1S/C16H26ClN3/c1-13(2)11-16(12-18)20-9-7-19(8-10-20)15-5-3-14(17)4-6-15/h3-6,13,16H,7-12,18H2,1-2H3. The highest BCUT2D eigenvalue weighted by Crippen LogP contribution is 2.21. The van der Waals surface area contributed by atoms with Gasteiger partial charge in [-0.15, -0.1) is 0 Å². The molecule has 0 saturated carbocycles. The minimum atomic E-state index is 0.530. The molecule has 0 spiro atoms. The Kier molecular flexibility index (Phi) is 5.70. The molecular formula is C16H26ClN3. The summed E-state index contributed by atoms with van der Waals surface area (Å²) in [5, 5.41) is 0.799. The van der Waals surface area contributed by atoms with E-state index in [2.05, 4.69) is 35.8 Å². The zero-order valence-electron chi connectivity index (χ0n) is 12.6. The molecule has 0 amide bonds. The van der Waals surface area contributed by atoms with Gasteiger partial charge < -0.3 is 10.6 Å². The van der Waals surface area contributed by atoms with E-state index in [0.29, 0.717) is 12.0 Å².